The van der Waals surface area contributed by atoms with Crippen molar-refractivity contribution in [1.82, 2.24) is 4.98 Å². The number of halogens is 3. The summed E-state index contributed by atoms with van der Waals surface area (Å²) in [6.07, 6.45) is -3.09. The van der Waals surface area contributed by atoms with Crippen molar-refractivity contribution >= 4 is 11.8 Å². The van der Waals surface area contributed by atoms with E-state index in [1.165, 1.54) is 6.92 Å². The van der Waals surface area contributed by atoms with Crippen LogP contribution in [0.25, 0.3) is 0 Å². The van der Waals surface area contributed by atoms with Gasteiger partial charge in [0.1, 0.15) is 11.1 Å². The Morgan fingerprint density at radius 3 is 2.67 bits per heavy atom. The van der Waals surface area contributed by atoms with Crippen LogP contribution in [0.1, 0.15) is 29.3 Å². The fraction of sp³-hybridized carbons (Fsp3) is 0.333. The molecule has 1 aromatic rings. The van der Waals surface area contributed by atoms with Crippen molar-refractivity contribution in [3.63, 3.8) is 0 Å². The van der Waals surface area contributed by atoms with Gasteiger partial charge in [0, 0.05) is 0 Å². The minimum Gasteiger partial charge on any atom is -0.462 e. The number of esters is 1. The zero-order chi connectivity index (χ0) is 13.9. The highest BCUT2D eigenvalue weighted by Gasteiger charge is 2.34. The first-order chi connectivity index (χ1) is 8.40. The maximum absolute atomic E-state index is 13.3. The molecule has 0 aliphatic carbocycles. The lowest BCUT2D eigenvalue weighted by Gasteiger charge is -2.08. The lowest BCUT2D eigenvalue weighted by Crippen LogP contribution is -2.14. The number of alkyl halides is 2. The van der Waals surface area contributed by atoms with Crippen LogP contribution >= 0.6 is 0 Å². The highest BCUT2D eigenvalue weighted by molar-refractivity contribution is 5.92. The Kier molecular flexibility index (Phi) is 4.18. The molecular formula is C9H7F3N2O4. The predicted molar refractivity (Wildman–Crippen MR) is 51.8 cm³/mol. The van der Waals surface area contributed by atoms with Crippen molar-refractivity contribution in [1.29, 1.82) is 0 Å². The molecule has 18 heavy (non-hydrogen) atoms. The molecule has 0 spiro atoms. The summed E-state index contributed by atoms with van der Waals surface area (Å²) in [5.41, 5.74) is -2.54. The van der Waals surface area contributed by atoms with Crippen LogP contribution in [0.2, 0.25) is 0 Å². The highest BCUT2D eigenvalue weighted by atomic mass is 19.3. The van der Waals surface area contributed by atoms with E-state index in [1.807, 2.05) is 0 Å². The first-order valence-corrected chi connectivity index (χ1v) is 4.68. The lowest BCUT2D eigenvalue weighted by molar-refractivity contribution is -0.391. The zero-order valence-electron chi connectivity index (χ0n) is 9.02. The maximum atomic E-state index is 13.3. The van der Waals surface area contributed by atoms with Gasteiger partial charge < -0.3 is 14.9 Å². The summed E-state index contributed by atoms with van der Waals surface area (Å²) in [5.74, 6) is -4.06. The minimum atomic E-state index is -3.42. The number of carbonyl (C=O) groups is 1. The van der Waals surface area contributed by atoms with Crippen LogP contribution in [0.3, 0.4) is 0 Å². The molecule has 98 valence electrons. The molecule has 0 saturated carbocycles. The normalized spacial score (nSPS) is 10.5. The number of hydrogen-bond acceptors (Lipinski definition) is 5. The van der Waals surface area contributed by atoms with Gasteiger partial charge in [0.05, 0.1) is 6.61 Å². The molecule has 1 rings (SSSR count). The van der Waals surface area contributed by atoms with Crippen molar-refractivity contribution in [3.8, 4) is 0 Å². The van der Waals surface area contributed by atoms with Crippen LogP contribution in [0, 0.1) is 15.9 Å². The van der Waals surface area contributed by atoms with Gasteiger partial charge in [0.25, 0.3) is 6.43 Å². The van der Waals surface area contributed by atoms with Gasteiger partial charge in [0.2, 0.25) is 0 Å². The summed E-state index contributed by atoms with van der Waals surface area (Å²) in [6.45, 7) is 1.20. The number of hydrogen-bond donors (Lipinski definition) is 0. The van der Waals surface area contributed by atoms with Gasteiger partial charge in [-0.2, -0.15) is 0 Å². The molecule has 0 bridgehead atoms. The smallest absolute Gasteiger partial charge is 0.373 e. The van der Waals surface area contributed by atoms with Crippen LogP contribution in [-0.4, -0.2) is 22.5 Å². The fourth-order valence-electron chi connectivity index (χ4n) is 1.26. The van der Waals surface area contributed by atoms with Crippen LogP contribution in [0.15, 0.2) is 6.20 Å². The molecule has 0 aliphatic rings. The van der Waals surface area contributed by atoms with Crippen LogP contribution in [0.5, 0.6) is 0 Å². The van der Waals surface area contributed by atoms with Crippen molar-refractivity contribution in [2.24, 2.45) is 0 Å². The molecule has 6 nitrogen and oxygen atoms in total. The largest absolute Gasteiger partial charge is 0.462 e. The van der Waals surface area contributed by atoms with Crippen molar-refractivity contribution < 1.29 is 27.6 Å². The summed E-state index contributed by atoms with van der Waals surface area (Å²) in [6, 6.07) is 0. The van der Waals surface area contributed by atoms with Crippen LogP contribution in [0.4, 0.5) is 19.0 Å². The average Bonchev–Trinajstić information content (AvgIpc) is 2.27. The Labute approximate surface area is 98.5 Å². The molecule has 1 heterocycles. The molecule has 0 saturated heterocycles. The first kappa shape index (κ1) is 13.9. The van der Waals surface area contributed by atoms with E-state index in [0.29, 0.717) is 6.20 Å². The lowest BCUT2D eigenvalue weighted by atomic mass is 10.1. The third kappa shape index (κ3) is 2.55. The Morgan fingerprint density at radius 2 is 2.22 bits per heavy atom. The number of aromatic nitrogens is 1. The third-order valence-corrected chi connectivity index (χ3v) is 1.92. The molecule has 9 heteroatoms. The molecule has 0 fully saturated rings. The molecule has 0 aliphatic heterocycles. The summed E-state index contributed by atoms with van der Waals surface area (Å²) in [4.78, 5) is 23.5. The quantitative estimate of drug-likeness (QED) is 0.473. The maximum Gasteiger partial charge on any atom is 0.373 e. The average molecular weight is 264 g/mol. The molecule has 0 N–H and O–H groups in total. The predicted octanol–water partition coefficient (Wildman–Crippen LogP) is 2.24. The monoisotopic (exact) mass is 264 g/mol. The van der Waals surface area contributed by atoms with E-state index in [-0.39, 0.29) is 6.61 Å². The molecule has 0 atom stereocenters. The van der Waals surface area contributed by atoms with Gasteiger partial charge in [-0.3, -0.25) is 0 Å². The first-order valence-electron chi connectivity index (χ1n) is 4.68. The van der Waals surface area contributed by atoms with Gasteiger partial charge in [-0.25, -0.2) is 18.0 Å². The molecule has 0 radical (unpaired) electrons. The topological polar surface area (TPSA) is 82.3 Å². The van der Waals surface area contributed by atoms with Gasteiger partial charge in [0.15, 0.2) is 12.0 Å². The van der Waals surface area contributed by atoms with E-state index in [4.69, 9.17) is 0 Å². The van der Waals surface area contributed by atoms with E-state index in [9.17, 15) is 28.1 Å². The summed E-state index contributed by atoms with van der Waals surface area (Å²) in [5, 5.41) is 10.5. The molecule has 0 amide bonds. The molecule has 0 aromatic carbocycles. The molecule has 1 aromatic heterocycles. The summed E-state index contributed by atoms with van der Waals surface area (Å²) >= 11 is 0. The second-order valence-corrected chi connectivity index (χ2v) is 3.00. The highest BCUT2D eigenvalue weighted by Crippen LogP contribution is 2.32. The van der Waals surface area contributed by atoms with Gasteiger partial charge >= 0.3 is 11.8 Å². The van der Waals surface area contributed by atoms with E-state index < -0.39 is 40.1 Å². The van der Waals surface area contributed by atoms with Crippen molar-refractivity contribution in [2.45, 2.75) is 13.3 Å². The number of nitro groups is 1. The number of ether oxygens (including phenoxy) is 1. The summed E-state index contributed by atoms with van der Waals surface area (Å²) < 4.78 is 43.1. The van der Waals surface area contributed by atoms with Gasteiger partial charge in [-0.15, -0.1) is 0 Å². The third-order valence-electron chi connectivity index (χ3n) is 1.92. The van der Waals surface area contributed by atoms with Crippen LogP contribution < -0.4 is 0 Å². The Balaban J connectivity index is 3.51. The standard InChI is InChI=1S/C9H7F3N2O4/c1-2-18-9(15)5-4(10)3-13-8(14(16)17)6(5)7(11)12/h3,7H,2H2,1H3. The van der Waals surface area contributed by atoms with Gasteiger partial charge in [-0.05, 0) is 16.8 Å². The van der Waals surface area contributed by atoms with Crippen molar-refractivity contribution in [3.05, 3.63) is 33.3 Å². The van der Waals surface area contributed by atoms with E-state index in [2.05, 4.69) is 9.72 Å². The zero-order valence-corrected chi connectivity index (χ0v) is 9.02. The number of rotatable bonds is 4. The minimum absolute atomic E-state index is 0.183. The molecule has 0 unspecified atom stereocenters. The fourth-order valence-corrected chi connectivity index (χ4v) is 1.26. The van der Waals surface area contributed by atoms with Crippen molar-refractivity contribution in [2.75, 3.05) is 6.61 Å². The van der Waals surface area contributed by atoms with Crippen LogP contribution in [-0.2, 0) is 4.74 Å². The van der Waals surface area contributed by atoms with E-state index >= 15 is 0 Å². The molecular weight excluding hydrogens is 257 g/mol. The van der Waals surface area contributed by atoms with Gasteiger partial charge in [-0.1, -0.05) is 0 Å². The second kappa shape index (κ2) is 5.43. The number of pyridine rings is 1. The second-order valence-electron chi connectivity index (χ2n) is 3.00. The van der Waals surface area contributed by atoms with E-state index in [0.717, 1.165) is 0 Å². The number of carbonyl (C=O) groups excluding carboxylic acids is 1. The SMILES string of the molecule is CCOC(=O)c1c(F)cnc([N+](=O)[O-])c1C(F)F. The Morgan fingerprint density at radius 1 is 1.61 bits per heavy atom. The summed E-state index contributed by atoms with van der Waals surface area (Å²) in [7, 11) is 0. The van der Waals surface area contributed by atoms with E-state index in [1.54, 1.807) is 0 Å². The Bertz CT molecular complexity index is 493. The Hall–Kier alpha value is -2.19. The number of nitrogens with zero attached hydrogens (tertiary/aromatic N) is 2.